The minimum Gasteiger partial charge on any atom is -0.504 e. The standard InChI is InChI=1S/C18H23N3O3/c1-12-9-14(21-17(19)10-12)5-3-4-8-20-18(23)13-6-7-15(22)16(11-13)24-2/h6-7,9-11,22H,3-5,8H2,1-2H3,(H2,19,21)(H,20,23). The van der Waals surface area contributed by atoms with Crippen molar-refractivity contribution in [3.63, 3.8) is 0 Å². The molecule has 0 saturated heterocycles. The van der Waals surface area contributed by atoms with Crippen molar-refractivity contribution in [1.82, 2.24) is 10.3 Å². The molecule has 0 saturated carbocycles. The number of aryl methyl sites for hydroxylation is 2. The van der Waals surface area contributed by atoms with E-state index in [1.54, 1.807) is 6.07 Å². The van der Waals surface area contributed by atoms with E-state index in [2.05, 4.69) is 10.3 Å². The molecule has 4 N–H and O–H groups in total. The molecule has 1 aromatic carbocycles. The second-order valence-corrected chi connectivity index (χ2v) is 5.66. The number of carbonyl (C=O) groups excluding carboxylic acids is 1. The molecular formula is C18H23N3O3. The number of benzene rings is 1. The Morgan fingerprint density at radius 2 is 2.08 bits per heavy atom. The van der Waals surface area contributed by atoms with Crippen molar-refractivity contribution in [2.75, 3.05) is 19.4 Å². The van der Waals surface area contributed by atoms with Gasteiger partial charge in [-0.05, 0) is 62.1 Å². The largest absolute Gasteiger partial charge is 0.504 e. The van der Waals surface area contributed by atoms with Crippen LogP contribution in [0.4, 0.5) is 5.82 Å². The van der Waals surface area contributed by atoms with E-state index < -0.39 is 0 Å². The Morgan fingerprint density at radius 3 is 2.79 bits per heavy atom. The second-order valence-electron chi connectivity index (χ2n) is 5.66. The van der Waals surface area contributed by atoms with Crippen molar-refractivity contribution >= 4 is 11.7 Å². The summed E-state index contributed by atoms with van der Waals surface area (Å²) in [5.74, 6) is 0.649. The molecule has 2 rings (SSSR count). The van der Waals surface area contributed by atoms with Gasteiger partial charge in [-0.3, -0.25) is 4.79 Å². The van der Waals surface area contributed by atoms with Gasteiger partial charge in [-0.25, -0.2) is 4.98 Å². The fourth-order valence-corrected chi connectivity index (χ4v) is 2.45. The summed E-state index contributed by atoms with van der Waals surface area (Å²) in [7, 11) is 1.45. The average molecular weight is 329 g/mol. The summed E-state index contributed by atoms with van der Waals surface area (Å²) < 4.78 is 5.00. The summed E-state index contributed by atoms with van der Waals surface area (Å²) in [6, 6.07) is 8.39. The number of nitrogens with one attached hydrogen (secondary N) is 1. The van der Waals surface area contributed by atoms with Crippen LogP contribution in [0.1, 0.15) is 34.5 Å². The van der Waals surface area contributed by atoms with Crippen molar-refractivity contribution in [1.29, 1.82) is 0 Å². The zero-order chi connectivity index (χ0) is 17.5. The molecule has 0 spiro atoms. The number of aromatic nitrogens is 1. The maximum Gasteiger partial charge on any atom is 0.251 e. The highest BCUT2D eigenvalue weighted by atomic mass is 16.5. The van der Waals surface area contributed by atoms with Gasteiger partial charge in [-0.1, -0.05) is 0 Å². The number of rotatable bonds is 7. The van der Waals surface area contributed by atoms with Crippen molar-refractivity contribution in [3.8, 4) is 11.5 Å². The minimum atomic E-state index is -0.189. The number of unbranched alkanes of at least 4 members (excludes halogenated alkanes) is 1. The molecule has 6 nitrogen and oxygen atoms in total. The van der Waals surface area contributed by atoms with Crippen LogP contribution in [0.15, 0.2) is 30.3 Å². The lowest BCUT2D eigenvalue weighted by Gasteiger charge is -2.08. The normalized spacial score (nSPS) is 10.4. The number of phenolic OH excluding ortho intramolecular Hbond substituents is 1. The molecule has 24 heavy (non-hydrogen) atoms. The lowest BCUT2D eigenvalue weighted by molar-refractivity contribution is 0.0952. The maximum atomic E-state index is 12.1. The van der Waals surface area contributed by atoms with E-state index in [1.807, 2.05) is 19.1 Å². The molecule has 0 unspecified atom stereocenters. The van der Waals surface area contributed by atoms with Gasteiger partial charge in [0.15, 0.2) is 11.5 Å². The maximum absolute atomic E-state index is 12.1. The number of nitrogens with two attached hydrogens (primary N) is 1. The molecule has 0 atom stereocenters. The van der Waals surface area contributed by atoms with Gasteiger partial charge in [0.1, 0.15) is 5.82 Å². The van der Waals surface area contributed by atoms with E-state index in [9.17, 15) is 9.90 Å². The first-order valence-corrected chi connectivity index (χ1v) is 7.88. The SMILES string of the molecule is COc1cc(C(=O)NCCCCc2cc(C)cc(N)n2)ccc1O. The van der Waals surface area contributed by atoms with Crippen LogP contribution >= 0.6 is 0 Å². The number of aromatic hydroxyl groups is 1. The Balaban J connectivity index is 1.76. The number of hydrogen-bond acceptors (Lipinski definition) is 5. The van der Waals surface area contributed by atoms with Gasteiger partial charge >= 0.3 is 0 Å². The lowest BCUT2D eigenvalue weighted by atomic mass is 10.1. The third-order valence-corrected chi connectivity index (χ3v) is 3.63. The lowest BCUT2D eigenvalue weighted by Crippen LogP contribution is -2.24. The van der Waals surface area contributed by atoms with E-state index in [0.29, 0.717) is 17.9 Å². The Morgan fingerprint density at radius 1 is 1.29 bits per heavy atom. The minimum absolute atomic E-state index is 0.0129. The molecule has 0 radical (unpaired) electrons. The van der Waals surface area contributed by atoms with Gasteiger partial charge in [0.05, 0.1) is 7.11 Å². The van der Waals surface area contributed by atoms with E-state index in [1.165, 1.54) is 19.2 Å². The highest BCUT2D eigenvalue weighted by Crippen LogP contribution is 2.26. The number of ether oxygens (including phenoxy) is 1. The van der Waals surface area contributed by atoms with Crippen LogP contribution in [-0.2, 0) is 6.42 Å². The summed E-state index contributed by atoms with van der Waals surface area (Å²) in [5.41, 5.74) is 8.27. The van der Waals surface area contributed by atoms with Crippen LogP contribution in [0.5, 0.6) is 11.5 Å². The number of pyridine rings is 1. The van der Waals surface area contributed by atoms with Crippen LogP contribution in [0.2, 0.25) is 0 Å². The Hall–Kier alpha value is -2.76. The third-order valence-electron chi connectivity index (χ3n) is 3.63. The zero-order valence-corrected chi connectivity index (χ0v) is 14.0. The molecule has 128 valence electrons. The first-order chi connectivity index (χ1) is 11.5. The molecular weight excluding hydrogens is 306 g/mol. The molecule has 2 aromatic rings. The van der Waals surface area contributed by atoms with Gasteiger partial charge < -0.3 is 20.9 Å². The van der Waals surface area contributed by atoms with E-state index in [0.717, 1.165) is 30.5 Å². The fraction of sp³-hybridized carbons (Fsp3) is 0.333. The summed E-state index contributed by atoms with van der Waals surface area (Å²) in [5, 5.41) is 12.4. The number of methoxy groups -OCH3 is 1. The highest BCUT2D eigenvalue weighted by Gasteiger charge is 2.09. The first-order valence-electron chi connectivity index (χ1n) is 7.88. The molecule has 0 bridgehead atoms. The number of amides is 1. The van der Waals surface area contributed by atoms with E-state index >= 15 is 0 Å². The number of nitrogen functional groups attached to an aromatic ring is 1. The van der Waals surface area contributed by atoms with Crippen molar-refractivity contribution in [3.05, 3.63) is 47.2 Å². The van der Waals surface area contributed by atoms with Crippen molar-refractivity contribution < 1.29 is 14.6 Å². The predicted octanol–water partition coefficient (Wildman–Crippen LogP) is 2.44. The zero-order valence-electron chi connectivity index (χ0n) is 14.0. The number of nitrogens with zero attached hydrogens (tertiary/aromatic N) is 1. The van der Waals surface area contributed by atoms with Gasteiger partial charge in [-0.2, -0.15) is 0 Å². The predicted molar refractivity (Wildman–Crippen MR) is 93.3 cm³/mol. The summed E-state index contributed by atoms with van der Waals surface area (Å²) >= 11 is 0. The Kier molecular flexibility index (Phi) is 6.01. The van der Waals surface area contributed by atoms with Crippen molar-refractivity contribution in [2.45, 2.75) is 26.2 Å². The summed E-state index contributed by atoms with van der Waals surface area (Å²) in [6.45, 7) is 2.57. The Bertz CT molecular complexity index is 696. The second kappa shape index (κ2) is 8.19. The van der Waals surface area contributed by atoms with Gasteiger partial charge in [0.2, 0.25) is 0 Å². The van der Waals surface area contributed by atoms with Gasteiger partial charge in [-0.15, -0.1) is 0 Å². The van der Waals surface area contributed by atoms with Crippen LogP contribution in [0.3, 0.4) is 0 Å². The average Bonchev–Trinajstić information content (AvgIpc) is 2.54. The molecule has 0 aliphatic heterocycles. The van der Waals surface area contributed by atoms with Crippen LogP contribution in [-0.4, -0.2) is 29.7 Å². The molecule has 1 heterocycles. The fourth-order valence-electron chi connectivity index (χ4n) is 2.45. The number of carbonyl (C=O) groups is 1. The van der Waals surface area contributed by atoms with Gasteiger partial charge in [0.25, 0.3) is 5.91 Å². The van der Waals surface area contributed by atoms with Crippen molar-refractivity contribution in [2.24, 2.45) is 0 Å². The highest BCUT2D eigenvalue weighted by molar-refractivity contribution is 5.94. The summed E-state index contributed by atoms with van der Waals surface area (Å²) in [6.07, 6.45) is 2.58. The van der Waals surface area contributed by atoms with Crippen LogP contribution in [0, 0.1) is 6.92 Å². The van der Waals surface area contributed by atoms with Crippen LogP contribution < -0.4 is 15.8 Å². The van der Waals surface area contributed by atoms with E-state index in [-0.39, 0.29) is 17.4 Å². The van der Waals surface area contributed by atoms with E-state index in [4.69, 9.17) is 10.5 Å². The molecule has 0 aliphatic rings. The smallest absolute Gasteiger partial charge is 0.251 e. The molecule has 1 amide bonds. The number of phenols is 1. The number of anilines is 1. The monoisotopic (exact) mass is 329 g/mol. The topological polar surface area (TPSA) is 97.5 Å². The first kappa shape index (κ1) is 17.6. The quantitative estimate of drug-likeness (QED) is 0.678. The molecule has 0 aliphatic carbocycles. The summed E-state index contributed by atoms with van der Waals surface area (Å²) in [4.78, 5) is 16.4. The molecule has 6 heteroatoms. The number of hydrogen-bond donors (Lipinski definition) is 3. The molecule has 1 aromatic heterocycles. The Labute approximate surface area is 141 Å². The molecule has 0 fully saturated rings. The van der Waals surface area contributed by atoms with Crippen LogP contribution in [0.25, 0.3) is 0 Å². The van der Waals surface area contributed by atoms with Gasteiger partial charge in [0, 0.05) is 17.8 Å². The third kappa shape index (κ3) is 4.87.